The third kappa shape index (κ3) is 8.60. The van der Waals surface area contributed by atoms with Crippen LogP contribution in [0.1, 0.15) is 50.3 Å². The van der Waals surface area contributed by atoms with Gasteiger partial charge in [0.25, 0.3) is 5.91 Å². The summed E-state index contributed by atoms with van der Waals surface area (Å²) in [6, 6.07) is 16.9. The standard InChI is InChI=1S/C31H40N2O9/c1-20(15-16-26(35)32-24(18-34)30(37)40-4)17-25(39-3)28(41-19-22-11-7-5-8-12-22)29(36)33-21(2)27(42-31(33)38)23-13-9-6-10-14-23/h5-14,20-21,24-25,27-28,34H,15-19H2,1-4H3,(H,32,35)/t20?,21?,24?,25-,27+,28+/m0/s1. The average molecular weight is 585 g/mol. The summed E-state index contributed by atoms with van der Waals surface area (Å²) in [5.41, 5.74) is 1.62. The number of imide groups is 1. The van der Waals surface area contributed by atoms with Gasteiger partial charge >= 0.3 is 12.1 Å². The molecule has 0 spiro atoms. The maximum Gasteiger partial charge on any atom is 0.417 e. The lowest BCUT2D eigenvalue weighted by Gasteiger charge is -2.30. The van der Waals surface area contributed by atoms with Gasteiger partial charge in [-0.1, -0.05) is 67.6 Å². The fraction of sp³-hybridized carbons (Fsp3) is 0.484. The number of hydrogen-bond donors (Lipinski definition) is 2. The second-order valence-corrected chi connectivity index (χ2v) is 10.4. The molecule has 228 valence electrons. The zero-order chi connectivity index (χ0) is 30.6. The smallest absolute Gasteiger partial charge is 0.417 e. The summed E-state index contributed by atoms with van der Waals surface area (Å²) < 4.78 is 22.1. The molecule has 0 radical (unpaired) electrons. The number of benzene rings is 2. The summed E-state index contributed by atoms with van der Waals surface area (Å²) in [6.45, 7) is 3.19. The Morgan fingerprint density at radius 3 is 2.29 bits per heavy atom. The Morgan fingerprint density at radius 1 is 1.05 bits per heavy atom. The molecule has 3 unspecified atom stereocenters. The van der Waals surface area contributed by atoms with Crippen LogP contribution in [0.3, 0.4) is 0 Å². The van der Waals surface area contributed by atoms with Crippen molar-refractivity contribution in [3.63, 3.8) is 0 Å². The summed E-state index contributed by atoms with van der Waals surface area (Å²) in [5.74, 6) is -1.84. The van der Waals surface area contributed by atoms with Crippen LogP contribution < -0.4 is 5.32 Å². The molecule has 11 heteroatoms. The monoisotopic (exact) mass is 584 g/mol. The number of hydrogen-bond acceptors (Lipinski definition) is 9. The Labute approximate surface area is 246 Å². The number of carbonyl (C=O) groups excluding carboxylic acids is 4. The third-order valence-corrected chi connectivity index (χ3v) is 7.29. The Hall–Kier alpha value is -3.80. The molecule has 1 heterocycles. The zero-order valence-electron chi connectivity index (χ0n) is 24.4. The highest BCUT2D eigenvalue weighted by molar-refractivity contribution is 5.96. The number of nitrogens with one attached hydrogen (secondary N) is 1. The Bertz CT molecular complexity index is 1180. The van der Waals surface area contributed by atoms with E-state index in [1.165, 1.54) is 14.2 Å². The van der Waals surface area contributed by atoms with Crippen LogP contribution in [-0.2, 0) is 39.9 Å². The number of esters is 1. The first kappa shape index (κ1) is 32.7. The van der Waals surface area contributed by atoms with Crippen molar-refractivity contribution in [3.8, 4) is 0 Å². The van der Waals surface area contributed by atoms with Gasteiger partial charge in [-0.3, -0.25) is 9.59 Å². The molecular formula is C31H40N2O9. The van der Waals surface area contributed by atoms with E-state index in [1.807, 2.05) is 67.6 Å². The number of amides is 3. The third-order valence-electron chi connectivity index (χ3n) is 7.29. The van der Waals surface area contributed by atoms with Crippen molar-refractivity contribution in [2.24, 2.45) is 5.92 Å². The molecule has 0 saturated carbocycles. The van der Waals surface area contributed by atoms with Gasteiger partial charge in [0.05, 0.1) is 32.5 Å². The Morgan fingerprint density at radius 2 is 1.69 bits per heavy atom. The van der Waals surface area contributed by atoms with E-state index >= 15 is 0 Å². The molecule has 1 fully saturated rings. The van der Waals surface area contributed by atoms with E-state index in [9.17, 15) is 24.3 Å². The maximum absolute atomic E-state index is 13.9. The van der Waals surface area contributed by atoms with Gasteiger partial charge in [0.15, 0.2) is 12.1 Å². The summed E-state index contributed by atoms with van der Waals surface area (Å²) >= 11 is 0. The predicted octanol–water partition coefficient (Wildman–Crippen LogP) is 3.15. The quantitative estimate of drug-likeness (QED) is 0.302. The van der Waals surface area contributed by atoms with Crippen molar-refractivity contribution in [3.05, 3.63) is 71.8 Å². The van der Waals surface area contributed by atoms with E-state index in [4.69, 9.17) is 14.2 Å². The van der Waals surface area contributed by atoms with E-state index < -0.39 is 60.9 Å². The van der Waals surface area contributed by atoms with Gasteiger partial charge in [-0.05, 0) is 36.8 Å². The highest BCUT2D eigenvalue weighted by Gasteiger charge is 2.47. The van der Waals surface area contributed by atoms with Crippen molar-refractivity contribution >= 4 is 23.9 Å². The van der Waals surface area contributed by atoms with E-state index in [0.717, 1.165) is 16.0 Å². The van der Waals surface area contributed by atoms with Crippen LogP contribution in [0.4, 0.5) is 4.79 Å². The lowest BCUT2D eigenvalue weighted by atomic mass is 9.94. The van der Waals surface area contributed by atoms with Crippen LogP contribution in [0.25, 0.3) is 0 Å². The number of ether oxygens (including phenoxy) is 4. The molecule has 42 heavy (non-hydrogen) atoms. The lowest BCUT2D eigenvalue weighted by molar-refractivity contribution is -0.154. The Balaban J connectivity index is 1.72. The molecule has 0 aliphatic carbocycles. The zero-order valence-corrected chi connectivity index (χ0v) is 24.4. The van der Waals surface area contributed by atoms with Crippen LogP contribution in [0.2, 0.25) is 0 Å². The second-order valence-electron chi connectivity index (χ2n) is 10.4. The molecule has 1 saturated heterocycles. The molecule has 3 rings (SSSR count). The summed E-state index contributed by atoms with van der Waals surface area (Å²) in [6.07, 6.45) is -2.42. The molecular weight excluding hydrogens is 544 g/mol. The molecule has 2 aromatic carbocycles. The van der Waals surface area contributed by atoms with Gasteiger partial charge < -0.3 is 29.4 Å². The Kier molecular flexibility index (Phi) is 12.5. The molecule has 11 nitrogen and oxygen atoms in total. The number of carbonyl (C=O) groups is 4. The molecule has 2 aromatic rings. The number of rotatable bonds is 15. The molecule has 6 atom stereocenters. The van der Waals surface area contributed by atoms with Crippen molar-refractivity contribution in [1.82, 2.24) is 10.2 Å². The van der Waals surface area contributed by atoms with Crippen molar-refractivity contribution < 1.29 is 43.2 Å². The number of cyclic esters (lactones) is 1. The van der Waals surface area contributed by atoms with Crippen molar-refractivity contribution in [2.75, 3.05) is 20.8 Å². The number of nitrogens with zero attached hydrogens (tertiary/aromatic N) is 1. The minimum Gasteiger partial charge on any atom is -0.467 e. The topological polar surface area (TPSA) is 141 Å². The molecule has 1 aliphatic heterocycles. The normalized spacial score (nSPS) is 19.4. The van der Waals surface area contributed by atoms with Gasteiger partial charge in [-0.25, -0.2) is 14.5 Å². The van der Waals surface area contributed by atoms with Crippen LogP contribution in [0.5, 0.6) is 0 Å². The first-order valence-corrected chi connectivity index (χ1v) is 13.9. The summed E-state index contributed by atoms with van der Waals surface area (Å²) in [4.78, 5) is 52.1. The second kappa shape index (κ2) is 16.0. The van der Waals surface area contributed by atoms with E-state index in [-0.39, 0.29) is 18.9 Å². The van der Waals surface area contributed by atoms with Gasteiger partial charge in [0.2, 0.25) is 5.91 Å². The van der Waals surface area contributed by atoms with Crippen molar-refractivity contribution in [1.29, 1.82) is 0 Å². The largest absolute Gasteiger partial charge is 0.467 e. The van der Waals surface area contributed by atoms with E-state index in [2.05, 4.69) is 10.1 Å². The van der Waals surface area contributed by atoms with E-state index in [1.54, 1.807) is 6.92 Å². The fourth-order valence-corrected chi connectivity index (χ4v) is 4.90. The van der Waals surface area contributed by atoms with Gasteiger partial charge in [0, 0.05) is 13.5 Å². The first-order chi connectivity index (χ1) is 20.2. The molecule has 1 aliphatic rings. The number of aliphatic hydroxyl groups is 1. The van der Waals surface area contributed by atoms with Gasteiger partial charge in [-0.15, -0.1) is 0 Å². The highest BCUT2D eigenvalue weighted by Crippen LogP contribution is 2.34. The van der Waals surface area contributed by atoms with Gasteiger partial charge in [0.1, 0.15) is 6.10 Å². The minimum atomic E-state index is -1.14. The minimum absolute atomic E-state index is 0.0722. The van der Waals surface area contributed by atoms with Gasteiger partial charge in [-0.2, -0.15) is 0 Å². The molecule has 2 N–H and O–H groups in total. The van der Waals surface area contributed by atoms with Crippen LogP contribution in [0.15, 0.2) is 60.7 Å². The number of methoxy groups -OCH3 is 2. The summed E-state index contributed by atoms with van der Waals surface area (Å²) in [7, 11) is 2.64. The maximum atomic E-state index is 13.9. The highest BCUT2D eigenvalue weighted by atomic mass is 16.6. The molecule has 3 amide bonds. The van der Waals surface area contributed by atoms with Crippen LogP contribution in [-0.4, -0.2) is 79.0 Å². The summed E-state index contributed by atoms with van der Waals surface area (Å²) in [5, 5.41) is 11.8. The fourth-order valence-electron chi connectivity index (χ4n) is 4.90. The first-order valence-electron chi connectivity index (χ1n) is 13.9. The average Bonchev–Trinajstić information content (AvgIpc) is 3.31. The molecule has 0 bridgehead atoms. The van der Waals surface area contributed by atoms with Crippen LogP contribution >= 0.6 is 0 Å². The molecule has 0 aromatic heterocycles. The lowest BCUT2D eigenvalue weighted by Crippen LogP contribution is -2.50. The van der Waals surface area contributed by atoms with Crippen LogP contribution in [0, 0.1) is 5.92 Å². The number of aliphatic hydroxyl groups excluding tert-OH is 1. The van der Waals surface area contributed by atoms with E-state index in [0.29, 0.717) is 12.8 Å². The van der Waals surface area contributed by atoms with Crippen molar-refractivity contribution in [2.45, 2.75) is 70.1 Å². The predicted molar refractivity (Wildman–Crippen MR) is 152 cm³/mol. The SMILES string of the molecule is COC(=O)C(CO)NC(=O)CCC(C)C[C@H](OC)[C@@H](OCc1ccccc1)C(=O)N1C(=O)O[C@@H](c2ccccc2)C1C.